The van der Waals surface area contributed by atoms with Crippen molar-refractivity contribution >= 4 is 21.4 Å². The first-order valence-corrected chi connectivity index (χ1v) is 11.8. The van der Waals surface area contributed by atoms with Gasteiger partial charge in [-0.25, -0.2) is 12.8 Å². The van der Waals surface area contributed by atoms with Gasteiger partial charge in [0.25, 0.3) is 0 Å². The van der Waals surface area contributed by atoms with Crippen molar-refractivity contribution in [3.8, 4) is 0 Å². The molecule has 158 valence electrons. The molecular weight excluding hydrogens is 381 g/mol. The maximum absolute atomic E-state index is 13.9. The average Bonchev–Trinajstić information content (AvgIpc) is 2.62. The van der Waals surface area contributed by atoms with Crippen LogP contribution in [0.1, 0.15) is 44.7 Å². The van der Waals surface area contributed by atoms with E-state index in [2.05, 4.69) is 22.2 Å². The first kappa shape index (κ1) is 22.6. The van der Waals surface area contributed by atoms with E-state index in [1.807, 2.05) is 6.92 Å². The number of amides is 1. The van der Waals surface area contributed by atoms with E-state index in [1.165, 1.54) is 12.1 Å². The van der Waals surface area contributed by atoms with Crippen molar-refractivity contribution < 1.29 is 17.6 Å². The Bertz CT molecular complexity index is 762. The second-order valence-electron chi connectivity index (χ2n) is 7.58. The summed E-state index contributed by atoms with van der Waals surface area (Å²) in [5.74, 6) is -1.42. The largest absolute Gasteiger partial charge is 0.369 e. The lowest BCUT2D eigenvalue weighted by molar-refractivity contribution is -0.119. The summed E-state index contributed by atoms with van der Waals surface area (Å²) in [6.07, 6.45) is 2.32. The maximum atomic E-state index is 13.9. The molecule has 28 heavy (non-hydrogen) atoms. The number of benzene rings is 1. The van der Waals surface area contributed by atoms with Crippen LogP contribution in [0.15, 0.2) is 18.2 Å². The Morgan fingerprint density at radius 2 is 1.89 bits per heavy atom. The van der Waals surface area contributed by atoms with Crippen molar-refractivity contribution in [2.75, 3.05) is 49.6 Å². The molecule has 1 fully saturated rings. The van der Waals surface area contributed by atoms with Gasteiger partial charge in [0.1, 0.15) is 11.6 Å². The minimum Gasteiger partial charge on any atom is -0.369 e. The molecule has 1 aliphatic heterocycles. The lowest BCUT2D eigenvalue weighted by Gasteiger charge is -2.36. The Hall–Kier alpha value is -1.67. The first-order valence-electron chi connectivity index (χ1n) is 9.94. The van der Waals surface area contributed by atoms with Gasteiger partial charge in [0, 0.05) is 37.4 Å². The molecule has 2 rings (SSSR count). The predicted molar refractivity (Wildman–Crippen MR) is 111 cm³/mol. The van der Waals surface area contributed by atoms with E-state index in [1.54, 1.807) is 13.0 Å². The number of carbonyl (C=O) groups excluding carboxylic acids is 1. The van der Waals surface area contributed by atoms with Gasteiger partial charge in [0.05, 0.1) is 11.8 Å². The molecule has 6 nitrogen and oxygen atoms in total. The van der Waals surface area contributed by atoms with Crippen molar-refractivity contribution in [2.45, 2.75) is 39.2 Å². The number of hydrogen-bond donors (Lipinski definition) is 1. The van der Waals surface area contributed by atoms with Gasteiger partial charge in [-0.15, -0.1) is 0 Å². The standard InChI is InChI=1S/C20H32FN3O3S/c1-4-5-6-13-28(26,27)15-20(25)22-16(2)18-14-17(21)7-8-19(18)24-11-9-23(3)10-12-24/h7-8,14,16H,4-6,9-13,15H2,1-3H3,(H,22,25). The maximum Gasteiger partial charge on any atom is 0.235 e. The van der Waals surface area contributed by atoms with Gasteiger partial charge in [0.2, 0.25) is 5.91 Å². The zero-order valence-corrected chi connectivity index (χ0v) is 17.9. The number of piperazine rings is 1. The quantitative estimate of drug-likeness (QED) is 0.630. The number of halogens is 1. The van der Waals surface area contributed by atoms with Crippen molar-refractivity contribution in [3.63, 3.8) is 0 Å². The molecule has 1 unspecified atom stereocenters. The molecule has 1 amide bonds. The summed E-state index contributed by atoms with van der Waals surface area (Å²) < 4.78 is 38.1. The van der Waals surface area contributed by atoms with Crippen LogP contribution < -0.4 is 10.2 Å². The summed E-state index contributed by atoms with van der Waals surface area (Å²) in [4.78, 5) is 16.7. The van der Waals surface area contributed by atoms with E-state index in [0.717, 1.165) is 44.7 Å². The third-order valence-electron chi connectivity index (χ3n) is 5.09. The van der Waals surface area contributed by atoms with Gasteiger partial charge in [-0.1, -0.05) is 19.8 Å². The molecule has 1 aliphatic rings. The molecule has 0 spiro atoms. The molecule has 8 heteroatoms. The number of unbranched alkanes of at least 4 members (excludes halogenated alkanes) is 2. The fraction of sp³-hybridized carbons (Fsp3) is 0.650. The first-order chi connectivity index (χ1) is 13.2. The second kappa shape index (κ2) is 10.2. The average molecular weight is 414 g/mol. The van der Waals surface area contributed by atoms with Gasteiger partial charge in [-0.3, -0.25) is 4.79 Å². The van der Waals surface area contributed by atoms with Crippen LogP contribution >= 0.6 is 0 Å². The number of carbonyl (C=O) groups is 1. The minimum absolute atomic E-state index is 0.0230. The Morgan fingerprint density at radius 3 is 2.54 bits per heavy atom. The van der Waals surface area contributed by atoms with E-state index in [0.29, 0.717) is 12.0 Å². The van der Waals surface area contributed by atoms with Crippen LogP contribution in [0.4, 0.5) is 10.1 Å². The molecule has 0 radical (unpaired) electrons. The van der Waals surface area contributed by atoms with Gasteiger partial charge >= 0.3 is 0 Å². The summed E-state index contributed by atoms with van der Waals surface area (Å²) in [5.41, 5.74) is 1.55. The van der Waals surface area contributed by atoms with Crippen molar-refractivity contribution in [1.29, 1.82) is 0 Å². The number of rotatable bonds is 9. The van der Waals surface area contributed by atoms with E-state index < -0.39 is 27.5 Å². The van der Waals surface area contributed by atoms with Crippen LogP contribution in [0.25, 0.3) is 0 Å². The number of hydrogen-bond acceptors (Lipinski definition) is 5. The van der Waals surface area contributed by atoms with Gasteiger partial charge < -0.3 is 15.1 Å². The van der Waals surface area contributed by atoms with E-state index in [4.69, 9.17) is 0 Å². The lowest BCUT2D eigenvalue weighted by atomic mass is 10.0. The molecule has 0 aromatic heterocycles. The molecule has 1 saturated heterocycles. The molecule has 0 aliphatic carbocycles. The van der Waals surface area contributed by atoms with Crippen LogP contribution in [0.2, 0.25) is 0 Å². The minimum atomic E-state index is -3.43. The summed E-state index contributed by atoms with van der Waals surface area (Å²) in [6, 6.07) is 4.10. The van der Waals surface area contributed by atoms with Gasteiger partial charge in [-0.2, -0.15) is 0 Å². The smallest absolute Gasteiger partial charge is 0.235 e. The fourth-order valence-electron chi connectivity index (χ4n) is 3.41. The van der Waals surface area contributed by atoms with Crippen LogP contribution in [0.5, 0.6) is 0 Å². The number of nitrogens with one attached hydrogen (secondary N) is 1. The second-order valence-corrected chi connectivity index (χ2v) is 9.77. The highest BCUT2D eigenvalue weighted by Crippen LogP contribution is 2.28. The van der Waals surface area contributed by atoms with Gasteiger partial charge in [0.15, 0.2) is 9.84 Å². The Kier molecular flexibility index (Phi) is 8.24. The van der Waals surface area contributed by atoms with Crippen LogP contribution in [0.3, 0.4) is 0 Å². The van der Waals surface area contributed by atoms with Crippen LogP contribution in [-0.2, 0) is 14.6 Å². The highest BCUT2D eigenvalue weighted by Gasteiger charge is 2.23. The number of likely N-dealkylation sites (N-methyl/N-ethyl adjacent to an activating group) is 1. The highest BCUT2D eigenvalue weighted by atomic mass is 32.2. The molecule has 1 aromatic carbocycles. The molecule has 1 N–H and O–H groups in total. The summed E-state index contributed by atoms with van der Waals surface area (Å²) >= 11 is 0. The van der Waals surface area contributed by atoms with E-state index in [-0.39, 0.29) is 11.6 Å². The Labute approximate surface area is 168 Å². The van der Waals surface area contributed by atoms with Crippen LogP contribution in [-0.4, -0.2) is 64.0 Å². The van der Waals surface area contributed by atoms with E-state index >= 15 is 0 Å². The zero-order valence-electron chi connectivity index (χ0n) is 17.1. The molecule has 0 bridgehead atoms. The molecular formula is C20H32FN3O3S. The Balaban J connectivity index is 2.06. The monoisotopic (exact) mass is 413 g/mol. The number of nitrogens with zero attached hydrogens (tertiary/aromatic N) is 2. The van der Waals surface area contributed by atoms with Crippen LogP contribution in [0, 0.1) is 5.82 Å². The SMILES string of the molecule is CCCCCS(=O)(=O)CC(=O)NC(C)c1cc(F)ccc1N1CCN(C)CC1. The number of sulfone groups is 1. The number of anilines is 1. The normalized spacial score (nSPS) is 16.8. The molecule has 1 aromatic rings. The Morgan fingerprint density at radius 1 is 1.21 bits per heavy atom. The predicted octanol–water partition coefficient (Wildman–Crippen LogP) is 2.36. The van der Waals surface area contributed by atoms with Crippen molar-refractivity contribution in [1.82, 2.24) is 10.2 Å². The van der Waals surface area contributed by atoms with Crippen molar-refractivity contribution in [2.24, 2.45) is 0 Å². The molecule has 0 saturated carbocycles. The van der Waals surface area contributed by atoms with E-state index in [9.17, 15) is 17.6 Å². The third-order valence-corrected chi connectivity index (χ3v) is 6.70. The topological polar surface area (TPSA) is 69.7 Å². The fourth-order valence-corrected chi connectivity index (χ4v) is 4.68. The summed E-state index contributed by atoms with van der Waals surface area (Å²) in [6.45, 7) is 7.22. The van der Waals surface area contributed by atoms with Crippen molar-refractivity contribution in [3.05, 3.63) is 29.6 Å². The molecule has 1 atom stereocenters. The lowest BCUT2D eigenvalue weighted by Crippen LogP contribution is -2.45. The summed E-state index contributed by atoms with van der Waals surface area (Å²) in [7, 11) is -1.37. The third kappa shape index (κ3) is 6.74. The summed E-state index contributed by atoms with van der Waals surface area (Å²) in [5, 5.41) is 2.74. The highest BCUT2D eigenvalue weighted by molar-refractivity contribution is 7.92. The zero-order chi connectivity index (χ0) is 20.7. The molecule has 1 heterocycles. The van der Waals surface area contributed by atoms with Gasteiger partial charge in [-0.05, 0) is 38.6 Å².